The van der Waals surface area contributed by atoms with Gasteiger partial charge in [-0.25, -0.2) is 4.98 Å². The average Bonchev–Trinajstić information content (AvgIpc) is 2.48. The van der Waals surface area contributed by atoms with Gasteiger partial charge in [0.1, 0.15) is 5.82 Å². The zero-order chi connectivity index (χ0) is 15.4. The average molecular weight is 355 g/mol. The first-order chi connectivity index (χ1) is 9.97. The van der Waals surface area contributed by atoms with Crippen LogP contribution in [0, 0.1) is 0 Å². The number of carbonyl (C=O) groups excluding carboxylic acids is 1. The Morgan fingerprint density at radius 2 is 2.00 bits per heavy atom. The summed E-state index contributed by atoms with van der Waals surface area (Å²) in [5.74, 6) is 1.19. The van der Waals surface area contributed by atoms with Crippen LogP contribution in [0.2, 0.25) is 0 Å². The molecule has 5 nitrogen and oxygen atoms in total. The molecule has 0 saturated carbocycles. The fourth-order valence-electron chi connectivity index (χ4n) is 2.24. The number of anilines is 1. The van der Waals surface area contributed by atoms with Gasteiger partial charge in [0, 0.05) is 42.9 Å². The van der Waals surface area contributed by atoms with E-state index < -0.39 is 0 Å². The van der Waals surface area contributed by atoms with Gasteiger partial charge in [0.05, 0.1) is 6.54 Å². The predicted octanol–water partition coefficient (Wildman–Crippen LogP) is 1.83. The number of carbonyl (C=O) groups is 1. The second-order valence-electron chi connectivity index (χ2n) is 5.71. The molecule has 1 amide bonds. The number of hydrogen-bond donors (Lipinski definition) is 0. The molecule has 0 unspecified atom stereocenters. The van der Waals surface area contributed by atoms with E-state index in [-0.39, 0.29) is 5.91 Å². The molecule has 0 radical (unpaired) electrons. The largest absolute Gasteiger partial charge is 0.353 e. The third-order valence-corrected chi connectivity index (χ3v) is 4.40. The van der Waals surface area contributed by atoms with Crippen molar-refractivity contribution >= 4 is 27.7 Å². The highest BCUT2D eigenvalue weighted by Gasteiger charge is 2.22. The molecule has 0 aliphatic carbocycles. The minimum absolute atomic E-state index is 0.217. The molecular formula is C15H23BrN4O. The van der Waals surface area contributed by atoms with Crippen molar-refractivity contribution in [2.75, 3.05) is 44.7 Å². The van der Waals surface area contributed by atoms with Crippen LogP contribution in [0.3, 0.4) is 0 Å². The normalized spacial score (nSPS) is 15.9. The van der Waals surface area contributed by atoms with E-state index in [1.165, 1.54) is 0 Å². The number of nitrogens with zero attached hydrogens (tertiary/aromatic N) is 4. The van der Waals surface area contributed by atoms with Crippen LogP contribution in [0.5, 0.6) is 0 Å². The summed E-state index contributed by atoms with van der Waals surface area (Å²) in [5.41, 5.74) is 0. The van der Waals surface area contributed by atoms with Gasteiger partial charge in [-0.3, -0.25) is 9.69 Å². The van der Waals surface area contributed by atoms with E-state index in [1.54, 1.807) is 0 Å². The lowest BCUT2D eigenvalue weighted by molar-refractivity contribution is -0.132. The first kappa shape index (κ1) is 16.2. The van der Waals surface area contributed by atoms with E-state index in [4.69, 9.17) is 0 Å². The van der Waals surface area contributed by atoms with E-state index >= 15 is 0 Å². The maximum atomic E-state index is 12.2. The van der Waals surface area contributed by atoms with Crippen molar-refractivity contribution in [1.82, 2.24) is 14.8 Å². The molecule has 6 heteroatoms. The molecule has 0 bridgehead atoms. The number of hydrogen-bond acceptors (Lipinski definition) is 4. The molecule has 0 spiro atoms. The van der Waals surface area contributed by atoms with Crippen molar-refractivity contribution in [3.63, 3.8) is 0 Å². The molecule has 21 heavy (non-hydrogen) atoms. The smallest absolute Gasteiger partial charge is 0.236 e. The van der Waals surface area contributed by atoms with Crippen LogP contribution < -0.4 is 4.90 Å². The highest BCUT2D eigenvalue weighted by Crippen LogP contribution is 2.16. The van der Waals surface area contributed by atoms with Gasteiger partial charge in [0.2, 0.25) is 5.91 Å². The summed E-state index contributed by atoms with van der Waals surface area (Å²) < 4.78 is 0.983. The third kappa shape index (κ3) is 4.41. The summed E-state index contributed by atoms with van der Waals surface area (Å²) in [5, 5.41) is 0. The standard InChI is InChI=1S/C15H23BrN4O/c1-12(2)18(3)11-15(21)20-8-6-19(7-9-20)14-5-4-13(16)10-17-14/h4-5,10,12H,6-9,11H2,1-3H3. The Labute approximate surface area is 135 Å². The monoisotopic (exact) mass is 354 g/mol. The quantitative estimate of drug-likeness (QED) is 0.826. The van der Waals surface area contributed by atoms with Gasteiger partial charge in [0.15, 0.2) is 0 Å². The number of amides is 1. The Morgan fingerprint density at radius 1 is 1.33 bits per heavy atom. The van der Waals surface area contributed by atoms with Crippen LogP contribution in [0.1, 0.15) is 13.8 Å². The van der Waals surface area contributed by atoms with Crippen LogP contribution in [0.4, 0.5) is 5.82 Å². The van der Waals surface area contributed by atoms with Gasteiger partial charge in [0.25, 0.3) is 0 Å². The molecule has 116 valence electrons. The summed E-state index contributed by atoms with van der Waals surface area (Å²) in [7, 11) is 1.99. The van der Waals surface area contributed by atoms with Crippen molar-refractivity contribution in [1.29, 1.82) is 0 Å². The summed E-state index contributed by atoms with van der Waals surface area (Å²) in [6.45, 7) is 7.91. The number of likely N-dealkylation sites (N-methyl/N-ethyl adjacent to an activating group) is 1. The fourth-order valence-corrected chi connectivity index (χ4v) is 2.47. The zero-order valence-corrected chi connectivity index (χ0v) is 14.5. The summed E-state index contributed by atoms with van der Waals surface area (Å²) in [6.07, 6.45) is 1.81. The summed E-state index contributed by atoms with van der Waals surface area (Å²) >= 11 is 3.39. The summed E-state index contributed by atoms with van der Waals surface area (Å²) in [6, 6.07) is 4.40. The first-order valence-electron chi connectivity index (χ1n) is 7.32. The highest BCUT2D eigenvalue weighted by molar-refractivity contribution is 9.10. The number of piperazine rings is 1. The molecule has 1 aliphatic heterocycles. The van der Waals surface area contributed by atoms with E-state index in [2.05, 4.69) is 44.6 Å². The fraction of sp³-hybridized carbons (Fsp3) is 0.600. The van der Waals surface area contributed by atoms with Crippen LogP contribution in [0.15, 0.2) is 22.8 Å². The lowest BCUT2D eigenvalue weighted by Gasteiger charge is -2.36. The van der Waals surface area contributed by atoms with Gasteiger partial charge in [-0.05, 0) is 49.0 Å². The molecule has 2 rings (SSSR count). The molecular weight excluding hydrogens is 332 g/mol. The second-order valence-corrected chi connectivity index (χ2v) is 6.63. The topological polar surface area (TPSA) is 39.7 Å². The van der Waals surface area contributed by atoms with E-state index in [0.717, 1.165) is 36.5 Å². The SMILES string of the molecule is CC(C)N(C)CC(=O)N1CCN(c2ccc(Br)cn2)CC1. The Bertz CT molecular complexity index is 469. The molecule has 1 fully saturated rings. The van der Waals surface area contributed by atoms with Gasteiger partial charge in [-0.2, -0.15) is 0 Å². The lowest BCUT2D eigenvalue weighted by atomic mass is 10.2. The number of pyridine rings is 1. The summed E-state index contributed by atoms with van der Waals surface area (Å²) in [4.78, 5) is 22.9. The molecule has 0 N–H and O–H groups in total. The van der Waals surface area contributed by atoms with Crippen LogP contribution >= 0.6 is 15.9 Å². The molecule has 1 saturated heterocycles. The molecule has 1 aromatic heterocycles. The predicted molar refractivity (Wildman–Crippen MR) is 88.5 cm³/mol. The Kier molecular flexibility index (Phi) is 5.58. The van der Waals surface area contributed by atoms with Crippen LogP contribution in [-0.4, -0.2) is 66.5 Å². The van der Waals surface area contributed by atoms with Crippen LogP contribution in [-0.2, 0) is 4.79 Å². The third-order valence-electron chi connectivity index (χ3n) is 3.93. The van der Waals surface area contributed by atoms with E-state index in [9.17, 15) is 4.79 Å². The minimum Gasteiger partial charge on any atom is -0.353 e. The van der Waals surface area contributed by atoms with Gasteiger partial charge in [-0.15, -0.1) is 0 Å². The molecule has 1 aliphatic rings. The zero-order valence-electron chi connectivity index (χ0n) is 12.9. The van der Waals surface area contributed by atoms with Crippen molar-refractivity contribution in [2.45, 2.75) is 19.9 Å². The van der Waals surface area contributed by atoms with Gasteiger partial charge < -0.3 is 9.80 Å². The number of rotatable bonds is 4. The molecule has 2 heterocycles. The molecule has 0 atom stereocenters. The minimum atomic E-state index is 0.217. The van der Waals surface area contributed by atoms with Crippen LogP contribution in [0.25, 0.3) is 0 Å². The Morgan fingerprint density at radius 3 is 2.52 bits per heavy atom. The van der Waals surface area contributed by atoms with Crippen molar-refractivity contribution in [3.8, 4) is 0 Å². The van der Waals surface area contributed by atoms with Gasteiger partial charge >= 0.3 is 0 Å². The van der Waals surface area contributed by atoms with E-state index in [1.807, 2.05) is 30.3 Å². The lowest BCUT2D eigenvalue weighted by Crippen LogP contribution is -2.51. The number of aromatic nitrogens is 1. The Balaban J connectivity index is 1.85. The van der Waals surface area contributed by atoms with Crippen molar-refractivity contribution in [3.05, 3.63) is 22.8 Å². The van der Waals surface area contributed by atoms with Gasteiger partial charge in [-0.1, -0.05) is 0 Å². The number of halogens is 1. The molecule has 0 aromatic carbocycles. The molecule has 1 aromatic rings. The maximum Gasteiger partial charge on any atom is 0.236 e. The Hall–Kier alpha value is -1.14. The van der Waals surface area contributed by atoms with Crippen molar-refractivity contribution < 1.29 is 4.79 Å². The van der Waals surface area contributed by atoms with Crippen molar-refractivity contribution in [2.24, 2.45) is 0 Å². The second kappa shape index (κ2) is 7.22. The maximum absolute atomic E-state index is 12.2. The first-order valence-corrected chi connectivity index (χ1v) is 8.11. The van der Waals surface area contributed by atoms with E-state index in [0.29, 0.717) is 12.6 Å². The highest BCUT2D eigenvalue weighted by atomic mass is 79.9.